The number of thiophene rings is 1. The van der Waals surface area contributed by atoms with Gasteiger partial charge in [-0.25, -0.2) is 13.2 Å². The van der Waals surface area contributed by atoms with Crippen LogP contribution in [0.2, 0.25) is 4.34 Å². The van der Waals surface area contributed by atoms with Gasteiger partial charge in [-0.15, -0.1) is 11.3 Å². The number of hydrogen-bond donors (Lipinski definition) is 2. The first-order valence-corrected chi connectivity index (χ1v) is 17.6. The normalized spacial score (nSPS) is 23.0. The number of rotatable bonds is 12. The van der Waals surface area contributed by atoms with E-state index in [2.05, 4.69) is 14.9 Å². The third kappa shape index (κ3) is 9.39. The number of piperidine rings is 1. The summed E-state index contributed by atoms with van der Waals surface area (Å²) in [4.78, 5) is 58.4. The zero-order chi connectivity index (χ0) is 31.9. The minimum Gasteiger partial charge on any atom is -0.465 e. The Morgan fingerprint density at radius 1 is 1.16 bits per heavy atom. The van der Waals surface area contributed by atoms with Crippen molar-refractivity contribution in [2.75, 3.05) is 59.5 Å². The van der Waals surface area contributed by atoms with E-state index < -0.39 is 27.9 Å². The maximum Gasteiger partial charge on any atom is 0.325 e. The minimum absolute atomic E-state index is 0.00530. The second-order valence-electron chi connectivity index (χ2n) is 11.2. The lowest BCUT2D eigenvalue weighted by Gasteiger charge is -2.34. The molecule has 2 N–H and O–H groups in total. The Morgan fingerprint density at radius 3 is 2.66 bits per heavy atom. The van der Waals surface area contributed by atoms with Gasteiger partial charge in [0.25, 0.3) is 0 Å². The van der Waals surface area contributed by atoms with Crippen LogP contribution in [0.3, 0.4) is 0 Å². The third-order valence-corrected chi connectivity index (χ3v) is 10.4. The number of urea groups is 1. The number of esters is 1. The molecule has 244 valence electrons. The Labute approximate surface area is 267 Å². The maximum atomic E-state index is 13.4. The SMILES string of the molecule is CCOC(=O)CNC(=O)N(C)C1CCN(C[C@@H]2CCCN2C(=O)CN2CCC[C@H](NS(=O)(=O)/C=C/c3ccc(Cl)s3)C2=O)C1. The fourth-order valence-electron chi connectivity index (χ4n) is 5.87. The van der Waals surface area contributed by atoms with Crippen LogP contribution in [0, 0.1) is 0 Å². The molecule has 3 aliphatic heterocycles. The number of carbonyl (C=O) groups excluding carboxylic acids is 4. The van der Waals surface area contributed by atoms with Crippen molar-refractivity contribution in [3.63, 3.8) is 0 Å². The van der Waals surface area contributed by atoms with Crippen molar-refractivity contribution >= 4 is 62.9 Å². The molecule has 44 heavy (non-hydrogen) atoms. The summed E-state index contributed by atoms with van der Waals surface area (Å²) in [6.45, 7) is 4.78. The smallest absolute Gasteiger partial charge is 0.325 e. The summed E-state index contributed by atoms with van der Waals surface area (Å²) in [6.07, 6.45) is 4.86. The van der Waals surface area contributed by atoms with Crippen molar-refractivity contribution in [1.82, 2.24) is 29.6 Å². The first-order valence-electron chi connectivity index (χ1n) is 14.9. The molecule has 0 aromatic carbocycles. The molecule has 3 atom stereocenters. The van der Waals surface area contributed by atoms with Crippen LogP contribution in [0.1, 0.15) is 43.9 Å². The van der Waals surface area contributed by atoms with Crippen LogP contribution >= 0.6 is 22.9 Å². The number of likely N-dealkylation sites (tertiary alicyclic amines) is 3. The first-order chi connectivity index (χ1) is 21.0. The van der Waals surface area contributed by atoms with Gasteiger partial charge in [0, 0.05) is 62.1 Å². The largest absolute Gasteiger partial charge is 0.465 e. The number of amides is 4. The van der Waals surface area contributed by atoms with Crippen molar-refractivity contribution in [1.29, 1.82) is 0 Å². The standard InChI is InChI=1S/C28H41ClN6O7S2/c1-3-42-26(37)16-30-28(39)32(2)20-10-14-33(17-20)18-21-6-4-13-35(21)25(36)19-34-12-5-7-23(27(34)38)31-44(40,41)15-11-22-8-9-24(29)43-22/h8-9,11,15,20-21,23,31H,3-7,10,12-14,16-19H2,1-2H3,(H,30,39)/b15-11+/t20?,21-,23-/m0/s1. The van der Waals surface area contributed by atoms with Gasteiger partial charge in [-0.3, -0.25) is 19.3 Å². The number of halogens is 1. The molecule has 13 nitrogen and oxygen atoms in total. The van der Waals surface area contributed by atoms with Crippen LogP contribution in [0.25, 0.3) is 6.08 Å². The van der Waals surface area contributed by atoms with E-state index in [1.165, 1.54) is 22.3 Å². The summed E-state index contributed by atoms with van der Waals surface area (Å²) in [6, 6.07) is 2.09. The highest BCUT2D eigenvalue weighted by Crippen LogP contribution is 2.24. The lowest BCUT2D eigenvalue weighted by molar-refractivity contribution is -0.143. The number of nitrogens with one attached hydrogen (secondary N) is 2. The topological polar surface area (TPSA) is 149 Å². The molecule has 0 saturated carbocycles. The Hall–Kier alpha value is -2.72. The van der Waals surface area contributed by atoms with Gasteiger partial charge < -0.3 is 24.8 Å². The molecule has 16 heteroatoms. The zero-order valence-corrected chi connectivity index (χ0v) is 27.5. The Bertz CT molecular complexity index is 1340. The second-order valence-corrected chi connectivity index (χ2v) is 14.6. The van der Waals surface area contributed by atoms with Crippen LogP contribution in [0.4, 0.5) is 4.79 Å². The predicted octanol–water partition coefficient (Wildman–Crippen LogP) is 1.55. The molecule has 3 aliphatic rings. The Kier molecular flexibility index (Phi) is 12.0. The second kappa shape index (κ2) is 15.5. The summed E-state index contributed by atoms with van der Waals surface area (Å²) >= 11 is 7.15. The molecular weight excluding hydrogens is 632 g/mol. The zero-order valence-electron chi connectivity index (χ0n) is 25.1. The fourth-order valence-corrected chi connectivity index (χ4v) is 7.94. The molecule has 0 radical (unpaired) electrons. The fraction of sp³-hybridized carbons (Fsp3) is 0.643. The molecule has 4 rings (SSSR count). The number of carbonyl (C=O) groups is 4. The van der Waals surface area contributed by atoms with Gasteiger partial charge in [-0.05, 0) is 57.2 Å². The monoisotopic (exact) mass is 672 g/mol. The van der Waals surface area contributed by atoms with E-state index in [4.69, 9.17) is 16.3 Å². The molecular formula is C28H41ClN6O7S2. The van der Waals surface area contributed by atoms with E-state index in [1.807, 2.05) is 4.90 Å². The molecule has 3 fully saturated rings. The highest BCUT2D eigenvalue weighted by molar-refractivity contribution is 7.92. The number of nitrogens with zero attached hydrogens (tertiary/aromatic N) is 4. The summed E-state index contributed by atoms with van der Waals surface area (Å²) in [7, 11) is -2.18. The summed E-state index contributed by atoms with van der Waals surface area (Å²) in [5.74, 6) is -1.03. The van der Waals surface area contributed by atoms with Gasteiger partial charge in [0.2, 0.25) is 21.8 Å². The molecule has 0 bridgehead atoms. The van der Waals surface area contributed by atoms with Crippen LogP contribution in [0.15, 0.2) is 17.5 Å². The Morgan fingerprint density at radius 2 is 1.93 bits per heavy atom. The van der Waals surface area contributed by atoms with Gasteiger partial charge in [-0.2, -0.15) is 4.72 Å². The van der Waals surface area contributed by atoms with E-state index in [0.29, 0.717) is 48.2 Å². The van der Waals surface area contributed by atoms with Gasteiger partial charge in [0.1, 0.15) is 12.6 Å². The summed E-state index contributed by atoms with van der Waals surface area (Å²) < 4.78 is 33.1. The van der Waals surface area contributed by atoms with Crippen LogP contribution < -0.4 is 10.0 Å². The van der Waals surface area contributed by atoms with Crippen molar-refractivity contribution in [2.45, 2.75) is 57.2 Å². The van der Waals surface area contributed by atoms with Crippen LogP contribution in [-0.2, 0) is 29.1 Å². The quantitative estimate of drug-likeness (QED) is 0.318. The summed E-state index contributed by atoms with van der Waals surface area (Å²) in [5.41, 5.74) is 0. The molecule has 1 aromatic heterocycles. The van der Waals surface area contributed by atoms with Crippen molar-refractivity contribution in [3.8, 4) is 0 Å². The molecule has 0 aliphatic carbocycles. The number of sulfonamides is 1. The van der Waals surface area contributed by atoms with Crippen LogP contribution in [-0.4, -0.2) is 129 Å². The van der Waals surface area contributed by atoms with Gasteiger partial charge in [-0.1, -0.05) is 11.6 Å². The van der Waals surface area contributed by atoms with Crippen LogP contribution in [0.5, 0.6) is 0 Å². The average molecular weight is 673 g/mol. The molecule has 4 heterocycles. The van der Waals surface area contributed by atoms with Gasteiger partial charge in [0.15, 0.2) is 0 Å². The minimum atomic E-state index is -3.88. The summed E-state index contributed by atoms with van der Waals surface area (Å²) in [5, 5.41) is 3.61. The molecule has 4 amide bonds. The molecule has 3 saturated heterocycles. The molecule has 1 unspecified atom stereocenters. The van der Waals surface area contributed by atoms with E-state index in [1.54, 1.807) is 31.0 Å². The third-order valence-electron chi connectivity index (χ3n) is 8.14. The lowest BCUT2D eigenvalue weighted by atomic mass is 10.1. The maximum absolute atomic E-state index is 13.4. The van der Waals surface area contributed by atoms with Gasteiger partial charge in [0.05, 0.1) is 17.5 Å². The molecule has 0 spiro atoms. The Balaban J connectivity index is 1.25. The lowest BCUT2D eigenvalue weighted by Crippen LogP contribution is -2.55. The highest BCUT2D eigenvalue weighted by Gasteiger charge is 2.37. The highest BCUT2D eigenvalue weighted by atomic mass is 35.5. The van der Waals surface area contributed by atoms with E-state index in [9.17, 15) is 27.6 Å². The van der Waals surface area contributed by atoms with Crippen molar-refractivity contribution in [3.05, 3.63) is 26.8 Å². The number of ether oxygens (including phenoxy) is 1. The first kappa shape index (κ1) is 34.2. The number of hydrogen-bond acceptors (Lipinski definition) is 9. The van der Waals surface area contributed by atoms with E-state index in [-0.39, 0.29) is 43.7 Å². The predicted molar refractivity (Wildman–Crippen MR) is 167 cm³/mol. The average Bonchev–Trinajstić information content (AvgIpc) is 3.74. The van der Waals surface area contributed by atoms with E-state index >= 15 is 0 Å². The van der Waals surface area contributed by atoms with E-state index in [0.717, 1.165) is 31.2 Å². The van der Waals surface area contributed by atoms with Gasteiger partial charge >= 0.3 is 12.0 Å². The molecule has 1 aromatic rings. The van der Waals surface area contributed by atoms with Crippen molar-refractivity contribution in [2.24, 2.45) is 0 Å². The number of likely N-dealkylation sites (N-methyl/N-ethyl adjacent to an activating group) is 1. The van der Waals surface area contributed by atoms with Crippen molar-refractivity contribution < 1.29 is 32.3 Å².